The number of tetrazole rings is 1. The molecule has 0 N–H and O–H groups in total. The summed E-state index contributed by atoms with van der Waals surface area (Å²) in [6.07, 6.45) is -4.21. The van der Waals surface area contributed by atoms with Gasteiger partial charge in [-0.2, -0.15) is 18.0 Å². The number of para-hydroxylation sites is 1. The van der Waals surface area contributed by atoms with Gasteiger partial charge in [-0.3, -0.25) is 4.79 Å². The Balaban J connectivity index is 1.57. The van der Waals surface area contributed by atoms with Crippen molar-refractivity contribution in [3.63, 3.8) is 0 Å². The van der Waals surface area contributed by atoms with Gasteiger partial charge in [0, 0.05) is 11.3 Å². The first-order valence-corrected chi connectivity index (χ1v) is 11.5. The number of nitrogens with zero attached hydrogens (tertiary/aromatic N) is 5. The molecule has 1 fully saturated rings. The van der Waals surface area contributed by atoms with Gasteiger partial charge in [-0.25, -0.2) is 8.42 Å². The average Bonchev–Trinajstić information content (AvgIpc) is 3.35. The maximum absolute atomic E-state index is 13.1. The van der Waals surface area contributed by atoms with Crippen LogP contribution in [0.3, 0.4) is 0 Å². The zero-order valence-corrected chi connectivity index (χ0v) is 17.4. The van der Waals surface area contributed by atoms with E-state index in [0.717, 1.165) is 16.9 Å². The SMILES string of the molecule is O=C(Cn1nnc(-c2cccc(C(F)(F)F)c2)n1)N(c1ccccc1)[C@@H]1CCS(=O)(=O)C1. The van der Waals surface area contributed by atoms with Crippen molar-refractivity contribution in [1.82, 2.24) is 20.2 Å². The van der Waals surface area contributed by atoms with Gasteiger partial charge in [0.2, 0.25) is 5.82 Å². The van der Waals surface area contributed by atoms with Gasteiger partial charge in [-0.05, 0) is 35.9 Å². The normalized spacial score (nSPS) is 17.9. The summed E-state index contributed by atoms with van der Waals surface area (Å²) in [6, 6.07) is 12.6. The molecule has 2 aromatic carbocycles. The molecular weight excluding hydrogens is 447 g/mol. The highest BCUT2D eigenvalue weighted by molar-refractivity contribution is 7.91. The Morgan fingerprint density at radius 3 is 2.53 bits per heavy atom. The number of alkyl halides is 3. The number of carbonyl (C=O) groups is 1. The molecule has 0 unspecified atom stereocenters. The van der Waals surface area contributed by atoms with E-state index in [4.69, 9.17) is 0 Å². The fraction of sp³-hybridized carbons (Fsp3) is 0.300. The summed E-state index contributed by atoms with van der Waals surface area (Å²) in [4.78, 5) is 15.5. The van der Waals surface area contributed by atoms with Gasteiger partial charge in [0.05, 0.1) is 23.1 Å². The Labute approximate surface area is 181 Å². The van der Waals surface area contributed by atoms with Crippen molar-refractivity contribution in [1.29, 1.82) is 0 Å². The highest BCUT2D eigenvalue weighted by Crippen LogP contribution is 2.31. The molecule has 3 aromatic rings. The van der Waals surface area contributed by atoms with Gasteiger partial charge in [-0.15, -0.1) is 10.2 Å². The van der Waals surface area contributed by atoms with Gasteiger partial charge < -0.3 is 4.90 Å². The van der Waals surface area contributed by atoms with Crippen LogP contribution in [0.1, 0.15) is 12.0 Å². The number of carbonyl (C=O) groups excluding carboxylic acids is 1. The molecular formula is C20H18F3N5O3S. The molecule has 4 rings (SSSR count). The van der Waals surface area contributed by atoms with Crippen LogP contribution in [0.15, 0.2) is 54.6 Å². The number of rotatable bonds is 5. The lowest BCUT2D eigenvalue weighted by molar-refractivity contribution is -0.137. The molecule has 1 atom stereocenters. The van der Waals surface area contributed by atoms with Crippen LogP contribution in [0.4, 0.5) is 18.9 Å². The summed E-state index contributed by atoms with van der Waals surface area (Å²) in [5, 5.41) is 11.6. The van der Waals surface area contributed by atoms with Gasteiger partial charge >= 0.3 is 6.18 Å². The number of halogens is 3. The van der Waals surface area contributed by atoms with Crippen molar-refractivity contribution < 1.29 is 26.4 Å². The monoisotopic (exact) mass is 465 g/mol. The average molecular weight is 465 g/mol. The van der Waals surface area contributed by atoms with E-state index < -0.39 is 33.5 Å². The predicted octanol–water partition coefficient (Wildman–Crippen LogP) is 2.58. The highest BCUT2D eigenvalue weighted by Gasteiger charge is 2.36. The molecule has 1 aliphatic heterocycles. The van der Waals surface area contributed by atoms with Crippen molar-refractivity contribution in [3.05, 3.63) is 60.2 Å². The molecule has 0 spiro atoms. The Morgan fingerprint density at radius 1 is 1.12 bits per heavy atom. The first-order chi connectivity index (χ1) is 15.1. The quantitative estimate of drug-likeness (QED) is 0.575. The van der Waals surface area contributed by atoms with Gasteiger partial charge in [0.15, 0.2) is 9.84 Å². The van der Waals surface area contributed by atoms with Crippen molar-refractivity contribution in [3.8, 4) is 11.4 Å². The molecule has 0 aliphatic carbocycles. The molecule has 12 heteroatoms. The van der Waals surface area contributed by atoms with E-state index in [1.165, 1.54) is 17.0 Å². The number of sulfone groups is 1. The minimum Gasteiger partial charge on any atom is -0.307 e. The van der Waals surface area contributed by atoms with Crippen molar-refractivity contribution >= 4 is 21.4 Å². The van der Waals surface area contributed by atoms with Crippen molar-refractivity contribution in [2.75, 3.05) is 16.4 Å². The molecule has 1 amide bonds. The van der Waals surface area contributed by atoms with Crippen LogP contribution in [-0.4, -0.2) is 52.1 Å². The second kappa shape index (κ2) is 8.34. The first kappa shape index (κ1) is 21.9. The summed E-state index contributed by atoms with van der Waals surface area (Å²) in [5.41, 5.74) is -0.196. The van der Waals surface area contributed by atoms with Crippen molar-refractivity contribution in [2.24, 2.45) is 0 Å². The Morgan fingerprint density at radius 2 is 1.88 bits per heavy atom. The van der Waals surface area contributed by atoms with Crippen LogP contribution in [0.25, 0.3) is 11.4 Å². The minimum absolute atomic E-state index is 0.00441. The summed E-state index contributed by atoms with van der Waals surface area (Å²) in [6.45, 7) is -0.350. The number of aromatic nitrogens is 4. The third kappa shape index (κ3) is 4.79. The maximum atomic E-state index is 13.1. The third-order valence-corrected chi connectivity index (χ3v) is 6.80. The summed E-state index contributed by atoms with van der Waals surface area (Å²) in [7, 11) is -3.24. The van der Waals surface area contributed by atoms with E-state index in [-0.39, 0.29) is 29.4 Å². The molecule has 32 heavy (non-hydrogen) atoms. The summed E-state index contributed by atoms with van der Waals surface area (Å²) < 4.78 is 62.8. The number of hydrogen-bond donors (Lipinski definition) is 0. The highest BCUT2D eigenvalue weighted by atomic mass is 32.2. The second-order valence-corrected chi connectivity index (χ2v) is 9.61. The number of anilines is 1. The lowest BCUT2D eigenvalue weighted by Crippen LogP contribution is -2.43. The molecule has 2 heterocycles. The second-order valence-electron chi connectivity index (χ2n) is 7.38. The minimum atomic E-state index is -4.51. The summed E-state index contributed by atoms with van der Waals surface area (Å²) >= 11 is 0. The van der Waals surface area contributed by atoms with Crippen LogP contribution in [-0.2, 0) is 27.4 Å². The Bertz CT molecular complexity index is 1230. The smallest absolute Gasteiger partial charge is 0.307 e. The van der Waals surface area contributed by atoms with Gasteiger partial charge in [0.25, 0.3) is 5.91 Å². The van der Waals surface area contributed by atoms with E-state index in [2.05, 4.69) is 15.4 Å². The molecule has 0 radical (unpaired) electrons. The fourth-order valence-electron chi connectivity index (χ4n) is 3.58. The first-order valence-electron chi connectivity index (χ1n) is 9.65. The van der Waals surface area contributed by atoms with Crippen LogP contribution in [0.5, 0.6) is 0 Å². The molecule has 8 nitrogen and oxygen atoms in total. The number of amides is 1. The van der Waals surface area contributed by atoms with Crippen LogP contribution in [0.2, 0.25) is 0 Å². The zero-order valence-electron chi connectivity index (χ0n) is 16.6. The lowest BCUT2D eigenvalue weighted by atomic mass is 10.1. The van der Waals surface area contributed by atoms with E-state index in [0.29, 0.717) is 12.1 Å². The molecule has 1 aliphatic rings. The molecule has 0 bridgehead atoms. The van der Waals surface area contributed by atoms with Crippen LogP contribution >= 0.6 is 0 Å². The molecule has 1 saturated heterocycles. The van der Waals surface area contributed by atoms with E-state index in [1.54, 1.807) is 30.3 Å². The Kier molecular flexibility index (Phi) is 5.71. The number of hydrogen-bond acceptors (Lipinski definition) is 6. The largest absolute Gasteiger partial charge is 0.416 e. The van der Waals surface area contributed by atoms with Gasteiger partial charge in [-0.1, -0.05) is 30.3 Å². The van der Waals surface area contributed by atoms with E-state index in [1.807, 2.05) is 0 Å². The maximum Gasteiger partial charge on any atom is 0.416 e. The Hall–Kier alpha value is -3.28. The molecule has 0 saturated carbocycles. The topological polar surface area (TPSA) is 98.1 Å². The lowest BCUT2D eigenvalue weighted by Gasteiger charge is -2.28. The van der Waals surface area contributed by atoms with Gasteiger partial charge in [0.1, 0.15) is 6.54 Å². The third-order valence-electron chi connectivity index (χ3n) is 5.05. The zero-order chi connectivity index (χ0) is 22.9. The standard InChI is InChI=1S/C20H18F3N5O3S/c21-20(22,23)15-6-4-5-14(11-15)19-24-26-27(25-19)12-18(29)28(16-7-2-1-3-8-16)17-9-10-32(30,31)13-17/h1-8,11,17H,9-10,12-13H2/t17-/m1/s1. The van der Waals surface area contributed by atoms with E-state index in [9.17, 15) is 26.4 Å². The number of benzene rings is 2. The predicted molar refractivity (Wildman–Crippen MR) is 109 cm³/mol. The van der Waals surface area contributed by atoms with Crippen LogP contribution in [0, 0.1) is 0 Å². The summed E-state index contributed by atoms with van der Waals surface area (Å²) in [5.74, 6) is -0.659. The van der Waals surface area contributed by atoms with Crippen LogP contribution < -0.4 is 4.90 Å². The fourth-order valence-corrected chi connectivity index (χ4v) is 5.28. The molecule has 168 valence electrons. The van der Waals surface area contributed by atoms with Crippen molar-refractivity contribution in [2.45, 2.75) is 25.2 Å². The molecule has 1 aromatic heterocycles. The van der Waals surface area contributed by atoms with E-state index >= 15 is 0 Å².